The molecule has 0 saturated heterocycles. The highest BCUT2D eigenvalue weighted by molar-refractivity contribution is 6.74. The third-order valence-electron chi connectivity index (χ3n) is 6.57. The number of unbranched alkanes of at least 4 members (excludes halogenated alkanes) is 2. The second kappa shape index (κ2) is 11.6. The van der Waals surface area contributed by atoms with Gasteiger partial charge in [-0.3, -0.25) is 0 Å². The number of nitrogens with zero attached hydrogens (tertiary/aromatic N) is 2. The number of aromatic nitrogens is 2. The summed E-state index contributed by atoms with van der Waals surface area (Å²) in [4.78, 5) is 9.13. The van der Waals surface area contributed by atoms with Crippen molar-refractivity contribution in [2.24, 2.45) is 0 Å². The Balaban J connectivity index is 1.45. The monoisotopic (exact) mass is 477 g/mol. The molecule has 0 bridgehead atoms. The predicted molar refractivity (Wildman–Crippen MR) is 144 cm³/mol. The maximum Gasteiger partial charge on any atom is 0.191 e. The SMILES string of the molecule is CC(C)(C)[Si](C)(C)OCCCCCOc1ccc(-c2cnc(N)c(Cc3ccccc3)n2)cc1. The molecule has 3 rings (SSSR count). The number of hydrogen-bond acceptors (Lipinski definition) is 5. The van der Waals surface area contributed by atoms with E-state index in [2.05, 4.69) is 51.0 Å². The normalized spacial score (nSPS) is 12.0. The summed E-state index contributed by atoms with van der Waals surface area (Å²) in [5.41, 5.74) is 9.84. The summed E-state index contributed by atoms with van der Waals surface area (Å²) in [6.45, 7) is 13.0. The molecule has 5 nitrogen and oxygen atoms in total. The van der Waals surface area contributed by atoms with Crippen molar-refractivity contribution in [2.75, 3.05) is 18.9 Å². The van der Waals surface area contributed by atoms with Crippen LogP contribution in [0.25, 0.3) is 11.3 Å². The van der Waals surface area contributed by atoms with Gasteiger partial charge in [0.25, 0.3) is 0 Å². The molecule has 1 aromatic heterocycles. The quantitative estimate of drug-likeness (QED) is 0.240. The average molecular weight is 478 g/mol. The van der Waals surface area contributed by atoms with Crippen molar-refractivity contribution in [3.8, 4) is 17.0 Å². The second-order valence-electron chi connectivity index (χ2n) is 10.3. The standard InChI is InChI=1S/C28H39N3O2Si/c1-28(2,3)34(4,5)33-19-11-7-10-18-32-24-16-14-23(15-17-24)26-21-30-27(29)25(31-26)20-22-12-8-6-9-13-22/h6,8-9,12-17,21H,7,10-11,18-20H2,1-5H3,(H2,29,30). The van der Waals surface area contributed by atoms with Crippen LogP contribution in [0, 0.1) is 0 Å². The van der Waals surface area contributed by atoms with Gasteiger partial charge in [0, 0.05) is 18.6 Å². The molecular weight excluding hydrogens is 438 g/mol. The van der Waals surface area contributed by atoms with Gasteiger partial charge in [0.2, 0.25) is 0 Å². The van der Waals surface area contributed by atoms with E-state index in [-0.39, 0.29) is 5.04 Å². The Morgan fingerprint density at radius 1 is 0.882 bits per heavy atom. The minimum absolute atomic E-state index is 0.268. The molecule has 0 amide bonds. The maximum absolute atomic E-state index is 6.24. The van der Waals surface area contributed by atoms with Crippen LogP contribution in [0.4, 0.5) is 5.82 Å². The van der Waals surface area contributed by atoms with E-state index in [1.807, 2.05) is 42.5 Å². The molecule has 0 aliphatic rings. The van der Waals surface area contributed by atoms with E-state index >= 15 is 0 Å². The van der Waals surface area contributed by atoms with E-state index in [9.17, 15) is 0 Å². The lowest BCUT2D eigenvalue weighted by molar-refractivity contribution is 0.264. The summed E-state index contributed by atoms with van der Waals surface area (Å²) >= 11 is 0. The Bertz CT molecular complexity index is 1030. The molecule has 2 N–H and O–H groups in total. The van der Waals surface area contributed by atoms with Gasteiger partial charge in [0.15, 0.2) is 8.32 Å². The Morgan fingerprint density at radius 3 is 2.24 bits per heavy atom. The van der Waals surface area contributed by atoms with E-state index < -0.39 is 8.32 Å². The molecule has 0 atom stereocenters. The summed E-state index contributed by atoms with van der Waals surface area (Å²) in [6.07, 6.45) is 5.60. The first kappa shape index (κ1) is 25.9. The van der Waals surface area contributed by atoms with Crippen molar-refractivity contribution in [3.63, 3.8) is 0 Å². The number of nitrogens with two attached hydrogens (primary N) is 1. The highest BCUT2D eigenvalue weighted by Gasteiger charge is 2.36. The van der Waals surface area contributed by atoms with Gasteiger partial charge in [-0.2, -0.15) is 0 Å². The number of ether oxygens (including phenoxy) is 1. The van der Waals surface area contributed by atoms with Crippen LogP contribution in [0.15, 0.2) is 60.8 Å². The molecule has 3 aromatic rings. The van der Waals surface area contributed by atoms with Gasteiger partial charge in [-0.25, -0.2) is 9.97 Å². The highest BCUT2D eigenvalue weighted by Crippen LogP contribution is 2.36. The predicted octanol–water partition coefficient (Wildman–Crippen LogP) is 6.89. The lowest BCUT2D eigenvalue weighted by atomic mass is 10.1. The molecule has 0 spiro atoms. The molecule has 0 saturated carbocycles. The fourth-order valence-electron chi connectivity index (χ4n) is 3.33. The number of hydrogen-bond donors (Lipinski definition) is 1. The van der Waals surface area contributed by atoms with Gasteiger partial charge >= 0.3 is 0 Å². The van der Waals surface area contributed by atoms with Crippen LogP contribution >= 0.6 is 0 Å². The van der Waals surface area contributed by atoms with Crippen molar-refractivity contribution in [1.29, 1.82) is 0 Å². The first-order valence-corrected chi connectivity index (χ1v) is 15.1. The Labute approximate surface area is 205 Å². The van der Waals surface area contributed by atoms with E-state index in [0.29, 0.717) is 18.8 Å². The fraction of sp³-hybridized carbons (Fsp3) is 0.429. The third-order valence-corrected chi connectivity index (χ3v) is 11.1. The van der Waals surface area contributed by atoms with Crippen LogP contribution in [-0.2, 0) is 10.8 Å². The average Bonchev–Trinajstić information content (AvgIpc) is 2.80. The molecule has 0 radical (unpaired) electrons. The zero-order valence-corrected chi connectivity index (χ0v) is 22.3. The van der Waals surface area contributed by atoms with Gasteiger partial charge in [-0.05, 0) is 67.2 Å². The van der Waals surface area contributed by atoms with Crippen LogP contribution in [0.1, 0.15) is 51.3 Å². The van der Waals surface area contributed by atoms with E-state index in [0.717, 1.165) is 54.1 Å². The minimum Gasteiger partial charge on any atom is -0.494 e. The summed E-state index contributed by atoms with van der Waals surface area (Å²) in [7, 11) is -1.63. The first-order valence-electron chi connectivity index (χ1n) is 12.2. The van der Waals surface area contributed by atoms with Crippen LogP contribution < -0.4 is 10.5 Å². The molecule has 0 unspecified atom stereocenters. The second-order valence-corrected chi connectivity index (χ2v) is 15.1. The van der Waals surface area contributed by atoms with Crippen molar-refractivity contribution in [1.82, 2.24) is 9.97 Å². The van der Waals surface area contributed by atoms with Gasteiger partial charge in [-0.15, -0.1) is 0 Å². The van der Waals surface area contributed by atoms with Crippen molar-refractivity contribution < 1.29 is 9.16 Å². The topological polar surface area (TPSA) is 70.3 Å². The van der Waals surface area contributed by atoms with Crippen molar-refractivity contribution >= 4 is 14.1 Å². The van der Waals surface area contributed by atoms with Crippen LogP contribution in [0.3, 0.4) is 0 Å². The summed E-state index contributed by atoms with van der Waals surface area (Å²) < 4.78 is 12.2. The van der Waals surface area contributed by atoms with Crippen molar-refractivity contribution in [3.05, 3.63) is 72.1 Å². The van der Waals surface area contributed by atoms with Crippen LogP contribution in [0.5, 0.6) is 5.75 Å². The number of benzene rings is 2. The van der Waals surface area contributed by atoms with Crippen LogP contribution in [0.2, 0.25) is 18.1 Å². The van der Waals surface area contributed by atoms with E-state index in [4.69, 9.17) is 19.9 Å². The zero-order chi connectivity index (χ0) is 24.6. The Kier molecular flexibility index (Phi) is 8.86. The number of nitrogen functional groups attached to an aromatic ring is 1. The first-order chi connectivity index (χ1) is 16.2. The van der Waals surface area contributed by atoms with Gasteiger partial charge in [0.1, 0.15) is 11.6 Å². The lowest BCUT2D eigenvalue weighted by Gasteiger charge is -2.36. The van der Waals surface area contributed by atoms with Gasteiger partial charge in [-0.1, -0.05) is 51.1 Å². The van der Waals surface area contributed by atoms with Gasteiger partial charge < -0.3 is 14.9 Å². The number of anilines is 1. The summed E-state index contributed by atoms with van der Waals surface area (Å²) in [5, 5.41) is 0.268. The smallest absolute Gasteiger partial charge is 0.191 e. The molecule has 182 valence electrons. The zero-order valence-electron chi connectivity index (χ0n) is 21.3. The fourth-order valence-corrected chi connectivity index (χ4v) is 4.42. The van der Waals surface area contributed by atoms with Crippen LogP contribution in [-0.4, -0.2) is 31.5 Å². The molecule has 2 aromatic carbocycles. The molecular formula is C28H39N3O2Si. The van der Waals surface area contributed by atoms with Gasteiger partial charge in [0.05, 0.1) is 24.2 Å². The molecule has 34 heavy (non-hydrogen) atoms. The molecule has 6 heteroatoms. The summed E-state index contributed by atoms with van der Waals surface area (Å²) in [6, 6.07) is 18.2. The Morgan fingerprint density at radius 2 is 1.56 bits per heavy atom. The minimum atomic E-state index is -1.63. The third kappa shape index (κ3) is 7.40. The Hall–Kier alpha value is -2.70. The van der Waals surface area contributed by atoms with E-state index in [1.165, 1.54) is 0 Å². The lowest BCUT2D eigenvalue weighted by Crippen LogP contribution is -2.40. The number of rotatable bonds is 11. The molecule has 0 aliphatic carbocycles. The van der Waals surface area contributed by atoms with E-state index in [1.54, 1.807) is 6.20 Å². The van der Waals surface area contributed by atoms with Crippen molar-refractivity contribution in [2.45, 2.75) is 64.6 Å². The largest absolute Gasteiger partial charge is 0.494 e. The molecule has 1 heterocycles. The summed E-state index contributed by atoms with van der Waals surface area (Å²) in [5.74, 6) is 1.34. The highest BCUT2D eigenvalue weighted by atomic mass is 28.4. The molecule has 0 aliphatic heterocycles. The molecule has 0 fully saturated rings. The maximum atomic E-state index is 6.24.